The molecular formula is C16H18N2O3S. The van der Waals surface area contributed by atoms with E-state index in [4.69, 9.17) is 9.84 Å². The fraction of sp³-hybridized carbons (Fsp3) is 0.375. The predicted octanol–water partition coefficient (Wildman–Crippen LogP) is 2.45. The zero-order valence-corrected chi connectivity index (χ0v) is 13.1. The molecule has 0 saturated carbocycles. The van der Waals surface area contributed by atoms with E-state index in [0.29, 0.717) is 19.6 Å². The van der Waals surface area contributed by atoms with Crippen LogP contribution < -0.4 is 5.32 Å². The molecule has 3 rings (SSSR count). The number of ether oxygens (including phenoxy) is 1. The summed E-state index contributed by atoms with van der Waals surface area (Å²) in [6.45, 7) is 3.10. The minimum atomic E-state index is -0.909. The summed E-state index contributed by atoms with van der Waals surface area (Å²) in [5.41, 5.74) is 3.26. The quantitative estimate of drug-likeness (QED) is 0.886. The van der Waals surface area contributed by atoms with Gasteiger partial charge in [-0.3, -0.25) is 0 Å². The molecule has 1 aliphatic heterocycles. The molecule has 5 nitrogen and oxygen atoms in total. The van der Waals surface area contributed by atoms with Crippen LogP contribution in [0.4, 0.5) is 0 Å². The van der Waals surface area contributed by atoms with Crippen LogP contribution in [0.15, 0.2) is 29.6 Å². The fourth-order valence-corrected chi connectivity index (χ4v) is 3.32. The first-order valence-electron chi connectivity index (χ1n) is 7.23. The second-order valence-corrected chi connectivity index (χ2v) is 6.27. The predicted molar refractivity (Wildman–Crippen MR) is 84.9 cm³/mol. The SMILES string of the molecule is Cc1ccc(-c2nc(CN[C@@H]3CCO[C@@H]3C(=O)O)cs2)cc1. The highest BCUT2D eigenvalue weighted by atomic mass is 32.1. The van der Waals surface area contributed by atoms with E-state index >= 15 is 0 Å². The van der Waals surface area contributed by atoms with E-state index in [1.54, 1.807) is 11.3 Å². The Balaban J connectivity index is 1.62. The van der Waals surface area contributed by atoms with E-state index in [2.05, 4.69) is 41.5 Å². The smallest absolute Gasteiger partial charge is 0.334 e. The zero-order chi connectivity index (χ0) is 15.5. The van der Waals surface area contributed by atoms with Gasteiger partial charge in [0.25, 0.3) is 0 Å². The van der Waals surface area contributed by atoms with Gasteiger partial charge in [0, 0.05) is 30.1 Å². The molecule has 1 aromatic heterocycles. The number of thiazole rings is 1. The van der Waals surface area contributed by atoms with Gasteiger partial charge in [-0.15, -0.1) is 11.3 Å². The highest BCUT2D eigenvalue weighted by molar-refractivity contribution is 7.13. The lowest BCUT2D eigenvalue weighted by Gasteiger charge is -2.15. The van der Waals surface area contributed by atoms with Crippen LogP contribution in [0.25, 0.3) is 10.6 Å². The third kappa shape index (κ3) is 3.35. The van der Waals surface area contributed by atoms with Gasteiger partial charge in [0.15, 0.2) is 6.10 Å². The summed E-state index contributed by atoms with van der Waals surface area (Å²) in [5, 5.41) is 15.3. The van der Waals surface area contributed by atoms with Gasteiger partial charge in [-0.1, -0.05) is 29.8 Å². The van der Waals surface area contributed by atoms with E-state index < -0.39 is 12.1 Å². The molecule has 0 spiro atoms. The minimum absolute atomic E-state index is 0.151. The molecular weight excluding hydrogens is 300 g/mol. The number of hydrogen-bond donors (Lipinski definition) is 2. The average molecular weight is 318 g/mol. The molecule has 0 radical (unpaired) electrons. The van der Waals surface area contributed by atoms with Crippen LogP contribution in [0.1, 0.15) is 17.7 Å². The van der Waals surface area contributed by atoms with Crippen molar-refractivity contribution in [3.8, 4) is 10.6 Å². The van der Waals surface area contributed by atoms with Gasteiger partial charge in [-0.05, 0) is 13.3 Å². The number of carbonyl (C=O) groups is 1. The maximum absolute atomic E-state index is 11.1. The van der Waals surface area contributed by atoms with Crippen LogP contribution in [0, 0.1) is 6.92 Å². The summed E-state index contributed by atoms with van der Waals surface area (Å²) >= 11 is 1.60. The molecule has 6 heteroatoms. The number of hydrogen-bond acceptors (Lipinski definition) is 5. The Morgan fingerprint density at radius 1 is 1.45 bits per heavy atom. The molecule has 0 bridgehead atoms. The van der Waals surface area contributed by atoms with Crippen molar-refractivity contribution in [1.29, 1.82) is 0 Å². The second-order valence-electron chi connectivity index (χ2n) is 5.42. The van der Waals surface area contributed by atoms with Crippen molar-refractivity contribution in [3.63, 3.8) is 0 Å². The minimum Gasteiger partial charge on any atom is -0.479 e. The topological polar surface area (TPSA) is 71.5 Å². The highest BCUT2D eigenvalue weighted by Crippen LogP contribution is 2.24. The molecule has 2 aromatic rings. The van der Waals surface area contributed by atoms with Gasteiger partial charge in [-0.2, -0.15) is 0 Å². The number of nitrogens with one attached hydrogen (secondary N) is 1. The molecule has 2 heterocycles. The first kappa shape index (κ1) is 15.1. The Kier molecular flexibility index (Phi) is 4.52. The van der Waals surface area contributed by atoms with Crippen LogP contribution >= 0.6 is 11.3 Å². The third-order valence-electron chi connectivity index (χ3n) is 3.73. The Bertz CT molecular complexity index is 654. The molecule has 2 atom stereocenters. The highest BCUT2D eigenvalue weighted by Gasteiger charge is 2.33. The number of carboxylic acid groups (broad SMARTS) is 1. The van der Waals surface area contributed by atoms with Gasteiger partial charge in [0.2, 0.25) is 0 Å². The van der Waals surface area contributed by atoms with Crippen molar-refractivity contribution in [2.24, 2.45) is 0 Å². The van der Waals surface area contributed by atoms with E-state index in [-0.39, 0.29) is 6.04 Å². The van der Waals surface area contributed by atoms with Crippen LogP contribution in [-0.4, -0.2) is 34.8 Å². The lowest BCUT2D eigenvalue weighted by atomic mass is 10.1. The molecule has 1 fully saturated rings. The van der Waals surface area contributed by atoms with Crippen LogP contribution in [0.3, 0.4) is 0 Å². The molecule has 0 amide bonds. The van der Waals surface area contributed by atoms with Crippen molar-refractivity contribution >= 4 is 17.3 Å². The van der Waals surface area contributed by atoms with Crippen molar-refractivity contribution in [2.45, 2.75) is 32.0 Å². The summed E-state index contributed by atoms with van der Waals surface area (Å²) in [5.74, 6) is -0.909. The largest absolute Gasteiger partial charge is 0.479 e. The van der Waals surface area contributed by atoms with E-state index in [0.717, 1.165) is 16.3 Å². The van der Waals surface area contributed by atoms with Gasteiger partial charge >= 0.3 is 5.97 Å². The van der Waals surface area contributed by atoms with Crippen molar-refractivity contribution in [3.05, 3.63) is 40.9 Å². The maximum Gasteiger partial charge on any atom is 0.334 e. The second kappa shape index (κ2) is 6.56. The standard InChI is InChI=1S/C16H18N2O3S/c1-10-2-4-11(5-3-10)15-18-12(9-22-15)8-17-13-6-7-21-14(13)16(19)20/h2-5,9,13-14,17H,6-8H2,1H3,(H,19,20)/t13-,14+/m1/s1. The van der Waals surface area contributed by atoms with Crippen LogP contribution in [-0.2, 0) is 16.1 Å². The molecule has 116 valence electrons. The van der Waals surface area contributed by atoms with Crippen molar-refractivity contribution in [1.82, 2.24) is 10.3 Å². The fourth-order valence-electron chi connectivity index (χ4n) is 2.49. The molecule has 0 unspecified atom stereocenters. The number of carboxylic acids is 1. The van der Waals surface area contributed by atoms with Gasteiger partial charge < -0.3 is 15.2 Å². The third-order valence-corrected chi connectivity index (χ3v) is 4.67. The van der Waals surface area contributed by atoms with Gasteiger partial charge in [-0.25, -0.2) is 9.78 Å². The lowest BCUT2D eigenvalue weighted by Crippen LogP contribution is -2.40. The number of aromatic nitrogens is 1. The summed E-state index contributed by atoms with van der Waals surface area (Å²) in [6, 6.07) is 8.12. The first-order chi connectivity index (χ1) is 10.6. The normalized spacial score (nSPS) is 21.1. The number of aliphatic carboxylic acids is 1. The monoisotopic (exact) mass is 318 g/mol. The van der Waals surface area contributed by atoms with Crippen molar-refractivity contribution in [2.75, 3.05) is 6.61 Å². The Morgan fingerprint density at radius 3 is 2.95 bits per heavy atom. The summed E-state index contributed by atoms with van der Waals surface area (Å²) < 4.78 is 5.22. The Hall–Kier alpha value is -1.76. The molecule has 1 saturated heterocycles. The summed E-state index contributed by atoms with van der Waals surface area (Å²) in [4.78, 5) is 15.7. The average Bonchev–Trinajstić information content (AvgIpc) is 3.15. The van der Waals surface area contributed by atoms with Crippen LogP contribution in [0.5, 0.6) is 0 Å². The Morgan fingerprint density at radius 2 is 2.23 bits per heavy atom. The first-order valence-corrected chi connectivity index (χ1v) is 8.10. The zero-order valence-electron chi connectivity index (χ0n) is 12.3. The van der Waals surface area contributed by atoms with Gasteiger partial charge in [0.1, 0.15) is 5.01 Å². The van der Waals surface area contributed by atoms with Crippen LogP contribution in [0.2, 0.25) is 0 Å². The van der Waals surface area contributed by atoms with Gasteiger partial charge in [0.05, 0.1) is 5.69 Å². The number of benzene rings is 1. The van der Waals surface area contributed by atoms with E-state index in [1.165, 1.54) is 5.56 Å². The summed E-state index contributed by atoms with van der Waals surface area (Å²) in [7, 11) is 0. The maximum atomic E-state index is 11.1. The van der Waals surface area contributed by atoms with E-state index in [9.17, 15) is 4.79 Å². The molecule has 2 N–H and O–H groups in total. The number of nitrogens with zero attached hydrogens (tertiary/aromatic N) is 1. The van der Waals surface area contributed by atoms with E-state index in [1.807, 2.05) is 5.38 Å². The molecule has 1 aliphatic rings. The lowest BCUT2D eigenvalue weighted by molar-refractivity contribution is -0.148. The van der Waals surface area contributed by atoms with Crippen molar-refractivity contribution < 1.29 is 14.6 Å². The molecule has 22 heavy (non-hydrogen) atoms. The molecule has 0 aliphatic carbocycles. The molecule has 1 aromatic carbocycles. The number of aryl methyl sites for hydroxylation is 1. The summed E-state index contributed by atoms with van der Waals surface area (Å²) in [6.07, 6.45) is -0.0402. The number of rotatable bonds is 5. The Labute approximate surface area is 133 Å².